The number of aryl methyl sites for hydroxylation is 2. The summed E-state index contributed by atoms with van der Waals surface area (Å²) in [7, 11) is -2.91. The van der Waals surface area contributed by atoms with Crippen molar-refractivity contribution < 1.29 is 8.42 Å². The van der Waals surface area contributed by atoms with Crippen molar-refractivity contribution in [2.45, 2.75) is 45.0 Å². The van der Waals surface area contributed by atoms with Crippen LogP contribution in [-0.2, 0) is 16.4 Å². The maximum atomic E-state index is 11.9. The van der Waals surface area contributed by atoms with Gasteiger partial charge in [0.15, 0.2) is 9.84 Å². The number of sulfone groups is 1. The fourth-order valence-electron chi connectivity index (χ4n) is 3.52. The fourth-order valence-corrected chi connectivity index (χ4v) is 5.21. The van der Waals surface area contributed by atoms with Gasteiger partial charge >= 0.3 is 0 Å². The normalized spacial score (nSPS) is 22.6. The largest absolute Gasteiger partial charge is 0.309 e. The molecular formula is C20H25NO2S. The number of hydrogen-bond donors (Lipinski definition) is 1. The Morgan fingerprint density at radius 1 is 1.08 bits per heavy atom. The van der Waals surface area contributed by atoms with Crippen molar-refractivity contribution >= 4 is 9.84 Å². The zero-order valence-electron chi connectivity index (χ0n) is 14.5. The molecule has 2 atom stereocenters. The molecule has 0 aromatic heterocycles. The van der Waals surface area contributed by atoms with E-state index in [1.165, 1.54) is 27.8 Å². The SMILES string of the molecule is Cc1ccc(-c2ccccc2CN[C@@H]2CCS(=O)(=O)[C@@H]2C)c(C)c1. The second kappa shape index (κ2) is 6.69. The van der Waals surface area contributed by atoms with Crippen LogP contribution in [0.25, 0.3) is 11.1 Å². The third-order valence-corrected chi connectivity index (χ3v) is 7.36. The number of benzene rings is 2. The predicted molar refractivity (Wildman–Crippen MR) is 99.8 cm³/mol. The Balaban J connectivity index is 1.83. The lowest BCUT2D eigenvalue weighted by atomic mass is 9.94. The third kappa shape index (κ3) is 3.40. The molecular weight excluding hydrogens is 318 g/mol. The van der Waals surface area contributed by atoms with Crippen LogP contribution in [0.1, 0.15) is 30.0 Å². The molecule has 24 heavy (non-hydrogen) atoms. The summed E-state index contributed by atoms with van der Waals surface area (Å²) >= 11 is 0. The van der Waals surface area contributed by atoms with Gasteiger partial charge in [-0.15, -0.1) is 0 Å². The van der Waals surface area contributed by atoms with Gasteiger partial charge in [0.2, 0.25) is 0 Å². The summed E-state index contributed by atoms with van der Waals surface area (Å²) in [6.07, 6.45) is 0.704. The standard InChI is InChI=1S/C20H25NO2S/c1-14-8-9-18(15(2)12-14)19-7-5-4-6-17(19)13-21-20-10-11-24(22,23)16(20)3/h4-9,12,16,20-21H,10-11,13H2,1-3H3/t16-,20-/m1/s1. The van der Waals surface area contributed by atoms with E-state index in [0.29, 0.717) is 18.7 Å². The zero-order chi connectivity index (χ0) is 17.3. The van der Waals surface area contributed by atoms with Gasteiger partial charge in [0.25, 0.3) is 0 Å². The first-order valence-corrected chi connectivity index (χ1v) is 10.2. The van der Waals surface area contributed by atoms with Gasteiger partial charge in [-0.25, -0.2) is 8.42 Å². The van der Waals surface area contributed by atoms with Crippen LogP contribution in [0.2, 0.25) is 0 Å². The van der Waals surface area contributed by atoms with E-state index in [1.54, 1.807) is 0 Å². The maximum Gasteiger partial charge on any atom is 0.154 e. The van der Waals surface area contributed by atoms with Crippen LogP contribution in [-0.4, -0.2) is 25.5 Å². The predicted octanol–water partition coefficient (Wildman–Crippen LogP) is 3.64. The first kappa shape index (κ1) is 17.2. The van der Waals surface area contributed by atoms with Gasteiger partial charge < -0.3 is 5.32 Å². The van der Waals surface area contributed by atoms with E-state index in [0.717, 1.165) is 0 Å². The first-order valence-electron chi connectivity index (χ1n) is 8.49. The molecule has 2 aromatic rings. The molecule has 0 amide bonds. The Kier molecular flexibility index (Phi) is 4.79. The van der Waals surface area contributed by atoms with Crippen molar-refractivity contribution in [3.05, 3.63) is 59.2 Å². The van der Waals surface area contributed by atoms with E-state index < -0.39 is 9.84 Å². The quantitative estimate of drug-likeness (QED) is 0.922. The summed E-state index contributed by atoms with van der Waals surface area (Å²) in [5.74, 6) is 0.296. The highest BCUT2D eigenvalue weighted by Gasteiger charge is 2.36. The summed E-state index contributed by atoms with van der Waals surface area (Å²) < 4.78 is 23.8. The summed E-state index contributed by atoms with van der Waals surface area (Å²) in [6.45, 7) is 6.74. The van der Waals surface area contributed by atoms with Gasteiger partial charge in [0.1, 0.15) is 0 Å². The molecule has 4 heteroatoms. The summed E-state index contributed by atoms with van der Waals surface area (Å²) in [4.78, 5) is 0. The summed E-state index contributed by atoms with van der Waals surface area (Å²) in [5.41, 5.74) is 6.19. The maximum absolute atomic E-state index is 11.9. The van der Waals surface area contributed by atoms with Crippen LogP contribution in [0.5, 0.6) is 0 Å². The molecule has 1 fully saturated rings. The molecule has 0 saturated carbocycles. The Labute approximate surface area is 145 Å². The average Bonchev–Trinajstić information content (AvgIpc) is 2.80. The van der Waals surface area contributed by atoms with Gasteiger partial charge in [-0.1, -0.05) is 48.0 Å². The minimum Gasteiger partial charge on any atom is -0.309 e. The van der Waals surface area contributed by atoms with E-state index in [1.807, 2.05) is 13.0 Å². The second-order valence-corrected chi connectivity index (χ2v) is 9.30. The number of hydrogen-bond acceptors (Lipinski definition) is 3. The van der Waals surface area contributed by atoms with Crippen molar-refractivity contribution in [3.63, 3.8) is 0 Å². The van der Waals surface area contributed by atoms with Gasteiger partial charge in [-0.3, -0.25) is 0 Å². The highest BCUT2D eigenvalue weighted by atomic mass is 32.2. The fraction of sp³-hybridized carbons (Fsp3) is 0.400. The lowest BCUT2D eigenvalue weighted by Crippen LogP contribution is -2.36. The lowest BCUT2D eigenvalue weighted by molar-refractivity contribution is 0.505. The molecule has 0 aliphatic carbocycles. The van der Waals surface area contributed by atoms with Crippen molar-refractivity contribution in [1.82, 2.24) is 5.32 Å². The monoisotopic (exact) mass is 343 g/mol. The van der Waals surface area contributed by atoms with Crippen molar-refractivity contribution in [2.24, 2.45) is 0 Å². The number of nitrogens with one attached hydrogen (secondary N) is 1. The van der Waals surface area contributed by atoms with Crippen LogP contribution in [0, 0.1) is 13.8 Å². The Morgan fingerprint density at radius 3 is 2.50 bits per heavy atom. The van der Waals surface area contributed by atoms with Gasteiger partial charge in [-0.2, -0.15) is 0 Å². The van der Waals surface area contributed by atoms with Crippen LogP contribution in [0.4, 0.5) is 0 Å². The molecule has 0 spiro atoms. The Hall–Kier alpha value is -1.65. The molecule has 0 bridgehead atoms. The molecule has 0 unspecified atom stereocenters. The van der Waals surface area contributed by atoms with E-state index >= 15 is 0 Å². The third-order valence-electron chi connectivity index (χ3n) is 5.09. The van der Waals surface area contributed by atoms with Crippen LogP contribution in [0.15, 0.2) is 42.5 Å². The Morgan fingerprint density at radius 2 is 1.83 bits per heavy atom. The zero-order valence-corrected chi connectivity index (χ0v) is 15.4. The minimum absolute atomic E-state index is 0.0437. The molecule has 1 aliphatic rings. The Bertz CT molecular complexity index is 842. The van der Waals surface area contributed by atoms with Crippen molar-refractivity contribution in [1.29, 1.82) is 0 Å². The number of rotatable bonds is 4. The van der Waals surface area contributed by atoms with Gasteiger partial charge in [0.05, 0.1) is 11.0 Å². The lowest BCUT2D eigenvalue weighted by Gasteiger charge is -2.18. The van der Waals surface area contributed by atoms with Crippen LogP contribution >= 0.6 is 0 Å². The van der Waals surface area contributed by atoms with E-state index in [-0.39, 0.29) is 11.3 Å². The van der Waals surface area contributed by atoms with Crippen molar-refractivity contribution in [3.8, 4) is 11.1 Å². The molecule has 3 nitrogen and oxygen atoms in total. The van der Waals surface area contributed by atoms with Gasteiger partial charge in [0, 0.05) is 12.6 Å². The summed E-state index contributed by atoms with van der Waals surface area (Å²) in [5, 5.41) is 3.16. The van der Waals surface area contributed by atoms with E-state index in [2.05, 4.69) is 55.6 Å². The molecule has 1 aliphatic heterocycles. The highest BCUT2D eigenvalue weighted by Crippen LogP contribution is 2.28. The molecule has 128 valence electrons. The van der Waals surface area contributed by atoms with E-state index in [4.69, 9.17) is 0 Å². The molecule has 1 saturated heterocycles. The second-order valence-electron chi connectivity index (χ2n) is 6.82. The molecule has 2 aromatic carbocycles. The average molecular weight is 343 g/mol. The minimum atomic E-state index is -2.91. The smallest absolute Gasteiger partial charge is 0.154 e. The summed E-state index contributed by atoms with van der Waals surface area (Å²) in [6, 6.07) is 14.9. The molecule has 1 heterocycles. The van der Waals surface area contributed by atoms with Crippen LogP contribution < -0.4 is 5.32 Å². The topological polar surface area (TPSA) is 46.2 Å². The molecule has 1 N–H and O–H groups in total. The first-order chi connectivity index (χ1) is 11.4. The molecule has 0 radical (unpaired) electrons. The van der Waals surface area contributed by atoms with Crippen LogP contribution in [0.3, 0.4) is 0 Å². The molecule has 3 rings (SSSR count). The van der Waals surface area contributed by atoms with E-state index in [9.17, 15) is 8.42 Å². The highest BCUT2D eigenvalue weighted by molar-refractivity contribution is 7.92. The van der Waals surface area contributed by atoms with Gasteiger partial charge in [-0.05, 0) is 49.4 Å². The van der Waals surface area contributed by atoms with Crippen molar-refractivity contribution in [2.75, 3.05) is 5.75 Å².